The van der Waals surface area contributed by atoms with Gasteiger partial charge in [-0.05, 0) is 25.9 Å². The SMILES string of the molecule is CN1C(=O)CCC(NC(=O)CN2CCCNCC2)C1=O. The molecule has 2 aliphatic rings. The molecule has 20 heavy (non-hydrogen) atoms. The van der Waals surface area contributed by atoms with Crippen molar-refractivity contribution in [2.75, 3.05) is 39.8 Å². The molecule has 7 nitrogen and oxygen atoms in total. The van der Waals surface area contributed by atoms with Gasteiger partial charge >= 0.3 is 0 Å². The summed E-state index contributed by atoms with van der Waals surface area (Å²) >= 11 is 0. The molecule has 0 spiro atoms. The molecule has 112 valence electrons. The van der Waals surface area contributed by atoms with E-state index in [2.05, 4.69) is 15.5 Å². The fraction of sp³-hybridized carbons (Fsp3) is 0.769. The Morgan fingerprint density at radius 2 is 2.15 bits per heavy atom. The van der Waals surface area contributed by atoms with E-state index in [1.807, 2.05) is 0 Å². The number of piperidine rings is 1. The average molecular weight is 282 g/mol. The van der Waals surface area contributed by atoms with Gasteiger partial charge in [-0.2, -0.15) is 0 Å². The lowest BCUT2D eigenvalue weighted by Crippen LogP contribution is -2.54. The van der Waals surface area contributed by atoms with Crippen molar-refractivity contribution in [3.8, 4) is 0 Å². The molecular formula is C13H22N4O3. The van der Waals surface area contributed by atoms with E-state index in [0.29, 0.717) is 19.4 Å². The number of nitrogens with one attached hydrogen (secondary N) is 2. The van der Waals surface area contributed by atoms with Crippen LogP contribution in [0, 0.1) is 0 Å². The minimum Gasteiger partial charge on any atom is -0.343 e. The van der Waals surface area contributed by atoms with E-state index in [1.165, 1.54) is 7.05 Å². The quantitative estimate of drug-likeness (QED) is 0.619. The van der Waals surface area contributed by atoms with Crippen molar-refractivity contribution in [2.45, 2.75) is 25.3 Å². The molecule has 2 N–H and O–H groups in total. The van der Waals surface area contributed by atoms with Gasteiger partial charge in [0, 0.05) is 26.6 Å². The Hall–Kier alpha value is -1.47. The van der Waals surface area contributed by atoms with E-state index >= 15 is 0 Å². The monoisotopic (exact) mass is 282 g/mol. The van der Waals surface area contributed by atoms with Gasteiger partial charge in [0.1, 0.15) is 6.04 Å². The average Bonchev–Trinajstić information content (AvgIpc) is 2.68. The fourth-order valence-electron chi connectivity index (χ4n) is 2.55. The van der Waals surface area contributed by atoms with E-state index < -0.39 is 6.04 Å². The zero-order valence-corrected chi connectivity index (χ0v) is 11.9. The van der Waals surface area contributed by atoms with Gasteiger partial charge in [-0.1, -0.05) is 0 Å². The van der Waals surface area contributed by atoms with Gasteiger partial charge in [-0.15, -0.1) is 0 Å². The van der Waals surface area contributed by atoms with Crippen LogP contribution in [-0.2, 0) is 14.4 Å². The summed E-state index contributed by atoms with van der Waals surface area (Å²) in [5.41, 5.74) is 0. The van der Waals surface area contributed by atoms with E-state index in [0.717, 1.165) is 37.5 Å². The Labute approximate surface area is 118 Å². The summed E-state index contributed by atoms with van der Waals surface area (Å²) in [4.78, 5) is 38.4. The zero-order chi connectivity index (χ0) is 14.5. The Bertz CT molecular complexity index is 391. The first kappa shape index (κ1) is 14.9. The van der Waals surface area contributed by atoms with Crippen LogP contribution >= 0.6 is 0 Å². The largest absolute Gasteiger partial charge is 0.343 e. The maximum Gasteiger partial charge on any atom is 0.251 e. The predicted octanol–water partition coefficient (Wildman–Crippen LogP) is -1.45. The van der Waals surface area contributed by atoms with Crippen LogP contribution in [0.2, 0.25) is 0 Å². The lowest BCUT2D eigenvalue weighted by molar-refractivity contribution is -0.149. The van der Waals surface area contributed by atoms with Crippen molar-refractivity contribution < 1.29 is 14.4 Å². The van der Waals surface area contributed by atoms with Crippen molar-refractivity contribution in [3.63, 3.8) is 0 Å². The highest BCUT2D eigenvalue weighted by atomic mass is 16.2. The number of nitrogens with zero attached hydrogens (tertiary/aromatic N) is 2. The fourth-order valence-corrected chi connectivity index (χ4v) is 2.55. The molecule has 2 heterocycles. The summed E-state index contributed by atoms with van der Waals surface area (Å²) in [7, 11) is 1.46. The van der Waals surface area contributed by atoms with Gasteiger partial charge < -0.3 is 10.6 Å². The van der Waals surface area contributed by atoms with Crippen LogP contribution in [-0.4, -0.2) is 73.3 Å². The third-order valence-corrected chi connectivity index (χ3v) is 3.78. The highest BCUT2D eigenvalue weighted by Gasteiger charge is 2.32. The number of hydrogen-bond donors (Lipinski definition) is 2. The molecule has 7 heteroatoms. The second-order valence-electron chi connectivity index (χ2n) is 5.33. The topological polar surface area (TPSA) is 81.8 Å². The van der Waals surface area contributed by atoms with E-state index in [1.54, 1.807) is 0 Å². The molecule has 1 atom stereocenters. The van der Waals surface area contributed by atoms with E-state index in [9.17, 15) is 14.4 Å². The number of carbonyl (C=O) groups is 3. The molecule has 0 aromatic heterocycles. The van der Waals surface area contributed by atoms with Gasteiger partial charge in [0.05, 0.1) is 6.54 Å². The maximum atomic E-state index is 12.0. The molecule has 0 aliphatic carbocycles. The van der Waals surface area contributed by atoms with Crippen molar-refractivity contribution >= 4 is 17.7 Å². The lowest BCUT2D eigenvalue weighted by atomic mass is 10.0. The Morgan fingerprint density at radius 1 is 1.35 bits per heavy atom. The smallest absolute Gasteiger partial charge is 0.251 e. The predicted molar refractivity (Wildman–Crippen MR) is 72.9 cm³/mol. The van der Waals surface area contributed by atoms with Crippen LogP contribution < -0.4 is 10.6 Å². The van der Waals surface area contributed by atoms with E-state index in [-0.39, 0.29) is 17.7 Å². The number of amides is 3. The first-order valence-electron chi connectivity index (χ1n) is 7.11. The second kappa shape index (κ2) is 6.81. The summed E-state index contributed by atoms with van der Waals surface area (Å²) in [5, 5.41) is 6.02. The normalized spacial score (nSPS) is 25.4. The maximum absolute atomic E-state index is 12.0. The molecule has 0 aromatic carbocycles. The summed E-state index contributed by atoms with van der Waals surface area (Å²) in [6.45, 7) is 3.89. The van der Waals surface area contributed by atoms with Crippen LogP contribution in [0.4, 0.5) is 0 Å². The van der Waals surface area contributed by atoms with E-state index in [4.69, 9.17) is 0 Å². The molecule has 0 saturated carbocycles. The Balaban J connectivity index is 1.81. The van der Waals surface area contributed by atoms with Crippen molar-refractivity contribution in [1.82, 2.24) is 20.4 Å². The summed E-state index contributed by atoms with van der Waals surface area (Å²) in [5.74, 6) is -0.640. The van der Waals surface area contributed by atoms with Gasteiger partial charge in [-0.3, -0.25) is 24.2 Å². The van der Waals surface area contributed by atoms with Crippen LogP contribution in [0.5, 0.6) is 0 Å². The molecule has 0 aromatic rings. The molecule has 2 aliphatic heterocycles. The third kappa shape index (κ3) is 3.77. The number of imide groups is 1. The van der Waals surface area contributed by atoms with Crippen molar-refractivity contribution in [3.05, 3.63) is 0 Å². The van der Waals surface area contributed by atoms with Crippen LogP contribution in [0.25, 0.3) is 0 Å². The lowest BCUT2D eigenvalue weighted by Gasteiger charge is -2.29. The van der Waals surface area contributed by atoms with Crippen molar-refractivity contribution in [2.24, 2.45) is 0 Å². The molecule has 2 fully saturated rings. The molecule has 0 radical (unpaired) electrons. The van der Waals surface area contributed by atoms with Crippen molar-refractivity contribution in [1.29, 1.82) is 0 Å². The van der Waals surface area contributed by atoms with Gasteiger partial charge in [-0.25, -0.2) is 0 Å². The standard InChI is InChI=1S/C13H22N4O3/c1-16-12(19)4-3-10(13(16)20)15-11(18)9-17-7-2-5-14-6-8-17/h10,14H,2-9H2,1H3,(H,15,18). The molecule has 2 saturated heterocycles. The first-order chi connectivity index (χ1) is 9.58. The number of hydrogen-bond acceptors (Lipinski definition) is 5. The Kier molecular flexibility index (Phi) is 5.08. The van der Waals surface area contributed by atoms with Gasteiger partial charge in [0.25, 0.3) is 5.91 Å². The van der Waals surface area contributed by atoms with Crippen LogP contribution in [0.1, 0.15) is 19.3 Å². The highest BCUT2D eigenvalue weighted by Crippen LogP contribution is 2.11. The molecule has 1 unspecified atom stereocenters. The third-order valence-electron chi connectivity index (χ3n) is 3.78. The number of rotatable bonds is 3. The zero-order valence-electron chi connectivity index (χ0n) is 11.9. The Morgan fingerprint density at radius 3 is 2.95 bits per heavy atom. The second-order valence-corrected chi connectivity index (χ2v) is 5.33. The highest BCUT2D eigenvalue weighted by molar-refractivity contribution is 6.01. The van der Waals surface area contributed by atoms with Crippen LogP contribution in [0.15, 0.2) is 0 Å². The minimum atomic E-state index is -0.560. The minimum absolute atomic E-state index is 0.145. The van der Waals surface area contributed by atoms with Crippen LogP contribution in [0.3, 0.4) is 0 Å². The summed E-state index contributed by atoms with van der Waals surface area (Å²) in [6, 6.07) is -0.560. The van der Waals surface area contributed by atoms with Gasteiger partial charge in [0.15, 0.2) is 0 Å². The molecular weight excluding hydrogens is 260 g/mol. The first-order valence-corrected chi connectivity index (χ1v) is 7.11. The molecule has 3 amide bonds. The summed E-state index contributed by atoms with van der Waals surface area (Å²) in [6.07, 6.45) is 1.73. The number of likely N-dealkylation sites (N-methyl/N-ethyl adjacent to an activating group) is 1. The number of carbonyl (C=O) groups excluding carboxylic acids is 3. The molecule has 2 rings (SSSR count). The summed E-state index contributed by atoms with van der Waals surface area (Å²) < 4.78 is 0. The number of likely N-dealkylation sites (tertiary alicyclic amines) is 1. The molecule has 0 bridgehead atoms. The van der Waals surface area contributed by atoms with Gasteiger partial charge in [0.2, 0.25) is 11.8 Å².